The molecule has 1 aromatic carbocycles. The zero-order valence-corrected chi connectivity index (χ0v) is 11.4. The number of benzene rings is 1. The Morgan fingerprint density at radius 1 is 1.32 bits per heavy atom. The van der Waals surface area contributed by atoms with Gasteiger partial charge in [-0.25, -0.2) is 0 Å². The van der Waals surface area contributed by atoms with Gasteiger partial charge in [0.05, 0.1) is 7.11 Å². The molecule has 1 aromatic rings. The van der Waals surface area contributed by atoms with Crippen molar-refractivity contribution in [3.63, 3.8) is 0 Å². The van der Waals surface area contributed by atoms with Crippen molar-refractivity contribution in [1.82, 2.24) is 0 Å². The smallest absolute Gasteiger partial charge is 0.127 e. The second kappa shape index (κ2) is 4.84. The third kappa shape index (κ3) is 1.90. The Hall–Kier alpha value is -1.57. The highest BCUT2D eigenvalue weighted by atomic mass is 16.5. The van der Waals surface area contributed by atoms with Crippen LogP contribution in [0.1, 0.15) is 37.7 Å². The fraction of sp³-hybridized carbons (Fsp3) is 0.471. The van der Waals surface area contributed by atoms with E-state index in [0.29, 0.717) is 5.92 Å². The summed E-state index contributed by atoms with van der Waals surface area (Å²) in [4.78, 5) is 11.6. The van der Waals surface area contributed by atoms with E-state index in [2.05, 4.69) is 12.1 Å². The summed E-state index contributed by atoms with van der Waals surface area (Å²) < 4.78 is 5.47. The van der Waals surface area contributed by atoms with Crippen molar-refractivity contribution in [2.75, 3.05) is 7.11 Å². The minimum atomic E-state index is -0.131. The number of methoxy groups -OCH3 is 1. The van der Waals surface area contributed by atoms with Gasteiger partial charge >= 0.3 is 0 Å². The lowest BCUT2D eigenvalue weighted by atomic mass is 9.66. The van der Waals surface area contributed by atoms with Gasteiger partial charge in [-0.3, -0.25) is 0 Å². The molecule has 0 radical (unpaired) electrons. The van der Waals surface area contributed by atoms with Crippen LogP contribution in [0.3, 0.4) is 0 Å². The van der Waals surface area contributed by atoms with Crippen LogP contribution in [0.5, 0.6) is 5.75 Å². The van der Waals surface area contributed by atoms with E-state index in [1.54, 1.807) is 7.11 Å². The number of carbonyl (C=O) groups is 1. The van der Waals surface area contributed by atoms with E-state index in [-0.39, 0.29) is 5.41 Å². The third-order valence-electron chi connectivity index (χ3n) is 4.81. The van der Waals surface area contributed by atoms with Crippen LogP contribution in [0, 0.1) is 11.3 Å². The number of ether oxygens (including phenoxy) is 1. The molecule has 0 saturated heterocycles. The van der Waals surface area contributed by atoms with Gasteiger partial charge < -0.3 is 9.53 Å². The molecule has 2 nitrogen and oxygen atoms in total. The zero-order valence-electron chi connectivity index (χ0n) is 11.4. The molecular formula is C17H20O2. The fourth-order valence-corrected chi connectivity index (χ4v) is 3.79. The molecule has 0 unspecified atom stereocenters. The van der Waals surface area contributed by atoms with Gasteiger partial charge in [0.1, 0.15) is 12.0 Å². The first kappa shape index (κ1) is 12.5. The molecule has 0 heterocycles. The van der Waals surface area contributed by atoms with E-state index in [1.165, 1.54) is 30.3 Å². The standard InChI is InChI=1S/C17H20O2/c1-19-16-8-3-2-6-14(16)13-9-11-17(12-18)10-5-4-7-15(13)17/h2-3,6,8-9,12,15H,4-5,7,10-11H2,1H3/t15-,17+/m0/s1. The second-order valence-electron chi connectivity index (χ2n) is 5.71. The highest BCUT2D eigenvalue weighted by molar-refractivity contribution is 5.80. The second-order valence-corrected chi connectivity index (χ2v) is 5.71. The molecule has 2 aliphatic carbocycles. The molecule has 3 rings (SSSR count). The normalized spacial score (nSPS) is 29.5. The quantitative estimate of drug-likeness (QED) is 0.768. The first-order valence-electron chi connectivity index (χ1n) is 7.10. The van der Waals surface area contributed by atoms with Gasteiger partial charge in [0.15, 0.2) is 0 Å². The van der Waals surface area contributed by atoms with Crippen LogP contribution in [0.2, 0.25) is 0 Å². The summed E-state index contributed by atoms with van der Waals surface area (Å²) in [6.45, 7) is 0. The van der Waals surface area contributed by atoms with Crippen molar-refractivity contribution in [2.45, 2.75) is 32.1 Å². The minimum Gasteiger partial charge on any atom is -0.496 e. The van der Waals surface area contributed by atoms with E-state index in [4.69, 9.17) is 4.74 Å². The van der Waals surface area contributed by atoms with Crippen molar-refractivity contribution in [1.29, 1.82) is 0 Å². The molecule has 1 fully saturated rings. The lowest BCUT2D eigenvalue weighted by molar-refractivity contribution is -0.118. The maximum Gasteiger partial charge on any atom is 0.127 e. The summed E-state index contributed by atoms with van der Waals surface area (Å²) in [5, 5.41) is 0. The number of fused-ring (bicyclic) bond motifs is 1. The van der Waals surface area contributed by atoms with E-state index >= 15 is 0 Å². The van der Waals surface area contributed by atoms with Crippen LogP contribution in [0.25, 0.3) is 5.57 Å². The largest absolute Gasteiger partial charge is 0.496 e. The summed E-state index contributed by atoms with van der Waals surface area (Å²) in [7, 11) is 1.71. The lowest BCUT2D eigenvalue weighted by Crippen LogP contribution is -2.32. The molecule has 100 valence electrons. The van der Waals surface area contributed by atoms with Crippen LogP contribution < -0.4 is 4.74 Å². The molecule has 2 atom stereocenters. The molecule has 0 aliphatic heterocycles. The molecule has 1 saturated carbocycles. The molecule has 19 heavy (non-hydrogen) atoms. The predicted molar refractivity (Wildman–Crippen MR) is 76.0 cm³/mol. The van der Waals surface area contributed by atoms with E-state index < -0.39 is 0 Å². The summed E-state index contributed by atoms with van der Waals surface area (Å²) in [6.07, 6.45) is 8.96. The number of hydrogen-bond donors (Lipinski definition) is 0. The SMILES string of the molecule is COc1ccccc1C1=CC[C@@]2(C=O)CCCC[C@@H]12. The van der Waals surface area contributed by atoms with Crippen molar-refractivity contribution in [3.8, 4) is 5.75 Å². The Morgan fingerprint density at radius 3 is 2.95 bits per heavy atom. The molecular weight excluding hydrogens is 236 g/mol. The van der Waals surface area contributed by atoms with Crippen LogP contribution >= 0.6 is 0 Å². The van der Waals surface area contributed by atoms with Crippen LogP contribution in [-0.2, 0) is 4.79 Å². The highest BCUT2D eigenvalue weighted by Gasteiger charge is 2.45. The van der Waals surface area contributed by atoms with Gasteiger partial charge in [-0.05, 0) is 36.8 Å². The van der Waals surface area contributed by atoms with Gasteiger partial charge in [0.25, 0.3) is 0 Å². The number of para-hydroxylation sites is 1. The van der Waals surface area contributed by atoms with Gasteiger partial charge in [0, 0.05) is 11.0 Å². The number of carbonyl (C=O) groups excluding carboxylic acids is 1. The first-order chi connectivity index (χ1) is 9.30. The molecule has 0 bridgehead atoms. The number of aldehydes is 1. The Morgan fingerprint density at radius 2 is 2.16 bits per heavy atom. The van der Waals surface area contributed by atoms with Gasteiger partial charge in [-0.15, -0.1) is 0 Å². The summed E-state index contributed by atoms with van der Waals surface area (Å²) in [5.41, 5.74) is 2.36. The topological polar surface area (TPSA) is 26.3 Å². The highest BCUT2D eigenvalue weighted by Crippen LogP contribution is 2.54. The zero-order chi connectivity index (χ0) is 13.3. The fourth-order valence-electron chi connectivity index (χ4n) is 3.79. The van der Waals surface area contributed by atoms with E-state index in [9.17, 15) is 4.79 Å². The van der Waals surface area contributed by atoms with Crippen LogP contribution in [-0.4, -0.2) is 13.4 Å². The number of rotatable bonds is 3. The maximum atomic E-state index is 11.6. The van der Waals surface area contributed by atoms with E-state index in [1.807, 2.05) is 18.2 Å². The van der Waals surface area contributed by atoms with Crippen molar-refractivity contribution in [3.05, 3.63) is 35.9 Å². The van der Waals surface area contributed by atoms with Gasteiger partial charge in [-0.2, -0.15) is 0 Å². The summed E-state index contributed by atoms with van der Waals surface area (Å²) >= 11 is 0. The molecule has 0 aromatic heterocycles. The molecule has 2 aliphatic rings. The Labute approximate surface area is 114 Å². The molecule has 0 amide bonds. The Balaban J connectivity index is 2.00. The molecule has 0 N–H and O–H groups in total. The minimum absolute atomic E-state index is 0.131. The van der Waals surface area contributed by atoms with Gasteiger partial charge in [-0.1, -0.05) is 37.1 Å². The lowest BCUT2D eigenvalue weighted by Gasteiger charge is -2.36. The van der Waals surface area contributed by atoms with E-state index in [0.717, 1.165) is 25.0 Å². The first-order valence-corrected chi connectivity index (χ1v) is 7.10. The van der Waals surface area contributed by atoms with Crippen molar-refractivity contribution >= 4 is 11.9 Å². The molecule has 0 spiro atoms. The Bertz CT molecular complexity index is 518. The third-order valence-corrected chi connectivity index (χ3v) is 4.81. The number of hydrogen-bond acceptors (Lipinski definition) is 2. The van der Waals surface area contributed by atoms with Crippen LogP contribution in [0.15, 0.2) is 30.3 Å². The predicted octanol–water partition coefficient (Wildman–Crippen LogP) is 3.86. The van der Waals surface area contributed by atoms with Gasteiger partial charge in [0.2, 0.25) is 0 Å². The number of allylic oxidation sites excluding steroid dienone is 2. The maximum absolute atomic E-state index is 11.6. The Kier molecular flexibility index (Phi) is 3.17. The van der Waals surface area contributed by atoms with Crippen molar-refractivity contribution < 1.29 is 9.53 Å². The van der Waals surface area contributed by atoms with Crippen LogP contribution in [0.4, 0.5) is 0 Å². The monoisotopic (exact) mass is 256 g/mol. The average molecular weight is 256 g/mol. The average Bonchev–Trinajstić information content (AvgIpc) is 2.87. The summed E-state index contributed by atoms with van der Waals surface area (Å²) in [5.74, 6) is 1.30. The molecule has 2 heteroatoms. The van der Waals surface area contributed by atoms with Crippen molar-refractivity contribution in [2.24, 2.45) is 11.3 Å². The summed E-state index contributed by atoms with van der Waals surface area (Å²) in [6, 6.07) is 8.15.